The summed E-state index contributed by atoms with van der Waals surface area (Å²) < 4.78 is 0. The molecule has 3 N–H and O–H groups in total. The molecule has 1 heterocycles. The number of hydrogen-bond acceptors (Lipinski definition) is 4. The highest BCUT2D eigenvalue weighted by Crippen LogP contribution is 2.28. The predicted octanol–water partition coefficient (Wildman–Crippen LogP) is 3.76. The zero-order valence-electron chi connectivity index (χ0n) is 8.42. The molecule has 0 saturated carbocycles. The molecule has 17 heavy (non-hydrogen) atoms. The SMILES string of the molecule is Nc1c(Cl)ncnc1Nc1cc(Cl)cc(Cl)c1. The number of aromatic nitrogens is 2. The van der Waals surface area contributed by atoms with Gasteiger partial charge in [-0.15, -0.1) is 0 Å². The van der Waals surface area contributed by atoms with Crippen LogP contribution in [0.2, 0.25) is 15.2 Å². The summed E-state index contributed by atoms with van der Waals surface area (Å²) in [4.78, 5) is 7.73. The summed E-state index contributed by atoms with van der Waals surface area (Å²) in [6.07, 6.45) is 1.31. The van der Waals surface area contributed by atoms with Gasteiger partial charge in [0.1, 0.15) is 12.0 Å². The third kappa shape index (κ3) is 2.91. The van der Waals surface area contributed by atoms with E-state index in [0.717, 1.165) is 0 Å². The van der Waals surface area contributed by atoms with Crippen molar-refractivity contribution in [2.75, 3.05) is 11.1 Å². The van der Waals surface area contributed by atoms with E-state index in [-0.39, 0.29) is 10.8 Å². The van der Waals surface area contributed by atoms with Gasteiger partial charge in [0.25, 0.3) is 0 Å². The summed E-state index contributed by atoms with van der Waals surface area (Å²) in [5.41, 5.74) is 6.66. The van der Waals surface area contributed by atoms with Gasteiger partial charge >= 0.3 is 0 Å². The normalized spacial score (nSPS) is 10.3. The maximum absolute atomic E-state index is 5.87. The van der Waals surface area contributed by atoms with Gasteiger partial charge in [0.2, 0.25) is 0 Å². The standard InChI is InChI=1S/C10H7Cl3N4/c11-5-1-6(12)3-7(2-5)17-10-8(14)9(13)15-4-16-10/h1-4H,14H2,(H,15,16,17). The summed E-state index contributed by atoms with van der Waals surface area (Å²) in [6, 6.07) is 5.02. The van der Waals surface area contributed by atoms with Crippen LogP contribution in [0.25, 0.3) is 0 Å². The fraction of sp³-hybridized carbons (Fsp3) is 0. The molecule has 0 radical (unpaired) electrons. The minimum atomic E-state index is 0.190. The second kappa shape index (κ2) is 4.96. The van der Waals surface area contributed by atoms with E-state index in [1.165, 1.54) is 6.33 Å². The molecule has 0 spiro atoms. The third-order valence-electron chi connectivity index (χ3n) is 1.96. The molecular formula is C10H7Cl3N4. The number of anilines is 3. The second-order valence-corrected chi connectivity index (χ2v) is 4.44. The number of hydrogen-bond donors (Lipinski definition) is 2. The molecule has 0 saturated heterocycles. The first-order valence-corrected chi connectivity index (χ1v) is 5.69. The first-order chi connectivity index (χ1) is 8.06. The summed E-state index contributed by atoms with van der Waals surface area (Å²) in [6.45, 7) is 0. The van der Waals surface area contributed by atoms with Crippen LogP contribution in [-0.2, 0) is 0 Å². The van der Waals surface area contributed by atoms with Crippen LogP contribution in [0.5, 0.6) is 0 Å². The van der Waals surface area contributed by atoms with Crippen molar-refractivity contribution in [1.29, 1.82) is 0 Å². The van der Waals surface area contributed by atoms with Crippen molar-refractivity contribution in [1.82, 2.24) is 9.97 Å². The summed E-state index contributed by atoms with van der Waals surface area (Å²) in [5, 5.41) is 4.18. The molecule has 1 aromatic carbocycles. The van der Waals surface area contributed by atoms with E-state index in [9.17, 15) is 0 Å². The number of nitrogens with zero attached hydrogens (tertiary/aromatic N) is 2. The molecule has 0 aliphatic heterocycles. The molecule has 0 unspecified atom stereocenters. The minimum Gasteiger partial charge on any atom is -0.393 e. The molecule has 2 aromatic rings. The average molecular weight is 290 g/mol. The smallest absolute Gasteiger partial charge is 0.158 e. The van der Waals surface area contributed by atoms with Crippen molar-refractivity contribution in [2.24, 2.45) is 0 Å². The Hall–Kier alpha value is -1.23. The number of nitrogen functional groups attached to an aromatic ring is 1. The van der Waals surface area contributed by atoms with Gasteiger partial charge in [-0.1, -0.05) is 34.8 Å². The maximum Gasteiger partial charge on any atom is 0.158 e. The molecule has 0 aliphatic rings. The first-order valence-electron chi connectivity index (χ1n) is 4.55. The predicted molar refractivity (Wildman–Crippen MR) is 71.2 cm³/mol. The van der Waals surface area contributed by atoms with Crippen molar-refractivity contribution in [3.63, 3.8) is 0 Å². The lowest BCUT2D eigenvalue weighted by Crippen LogP contribution is -2.01. The van der Waals surface area contributed by atoms with E-state index in [2.05, 4.69) is 15.3 Å². The third-order valence-corrected chi connectivity index (χ3v) is 2.70. The summed E-state index contributed by atoms with van der Waals surface area (Å²) >= 11 is 17.5. The summed E-state index contributed by atoms with van der Waals surface area (Å²) in [5.74, 6) is 0.406. The zero-order valence-corrected chi connectivity index (χ0v) is 10.7. The first kappa shape index (κ1) is 12.2. The lowest BCUT2D eigenvalue weighted by molar-refractivity contribution is 1.17. The van der Waals surface area contributed by atoms with Gasteiger partial charge in [-0.05, 0) is 18.2 Å². The van der Waals surface area contributed by atoms with Crippen molar-refractivity contribution < 1.29 is 0 Å². The van der Waals surface area contributed by atoms with Crippen molar-refractivity contribution in [3.05, 3.63) is 39.7 Å². The van der Waals surface area contributed by atoms with Gasteiger partial charge in [-0.2, -0.15) is 0 Å². The maximum atomic E-state index is 5.87. The molecule has 2 rings (SSSR count). The molecule has 0 bridgehead atoms. The molecule has 0 amide bonds. The van der Waals surface area contributed by atoms with Crippen LogP contribution in [0.15, 0.2) is 24.5 Å². The van der Waals surface area contributed by atoms with Crippen LogP contribution in [0.4, 0.5) is 17.2 Å². The fourth-order valence-electron chi connectivity index (χ4n) is 1.24. The highest BCUT2D eigenvalue weighted by atomic mass is 35.5. The molecular weight excluding hydrogens is 282 g/mol. The topological polar surface area (TPSA) is 63.8 Å². The molecule has 4 nitrogen and oxygen atoms in total. The number of nitrogens with two attached hydrogens (primary N) is 1. The van der Waals surface area contributed by atoms with E-state index in [0.29, 0.717) is 21.6 Å². The quantitative estimate of drug-likeness (QED) is 0.826. The molecule has 1 aromatic heterocycles. The van der Waals surface area contributed by atoms with Gasteiger partial charge in [-0.25, -0.2) is 9.97 Å². The van der Waals surface area contributed by atoms with Crippen LogP contribution in [0, 0.1) is 0 Å². The second-order valence-electron chi connectivity index (χ2n) is 3.21. The van der Waals surface area contributed by atoms with Gasteiger partial charge in [0, 0.05) is 15.7 Å². The molecule has 7 heteroatoms. The number of nitrogens with one attached hydrogen (secondary N) is 1. The fourth-order valence-corrected chi connectivity index (χ4v) is 1.90. The van der Waals surface area contributed by atoms with Crippen LogP contribution < -0.4 is 11.1 Å². The van der Waals surface area contributed by atoms with Crippen LogP contribution in [0.3, 0.4) is 0 Å². The van der Waals surface area contributed by atoms with Gasteiger partial charge < -0.3 is 11.1 Å². The van der Waals surface area contributed by atoms with Crippen molar-refractivity contribution >= 4 is 52.0 Å². The van der Waals surface area contributed by atoms with Gasteiger partial charge in [-0.3, -0.25) is 0 Å². The van der Waals surface area contributed by atoms with Crippen LogP contribution in [-0.4, -0.2) is 9.97 Å². The molecule has 0 fully saturated rings. The number of rotatable bonds is 2. The highest BCUT2D eigenvalue weighted by Gasteiger charge is 2.07. The minimum absolute atomic E-state index is 0.190. The Kier molecular flexibility index (Phi) is 3.57. The van der Waals surface area contributed by atoms with E-state index >= 15 is 0 Å². The number of halogens is 3. The van der Waals surface area contributed by atoms with Crippen molar-refractivity contribution in [2.45, 2.75) is 0 Å². The Bertz CT molecular complexity index is 539. The van der Waals surface area contributed by atoms with Gasteiger partial charge in [0.05, 0.1) is 0 Å². The lowest BCUT2D eigenvalue weighted by atomic mass is 10.3. The Balaban J connectivity index is 2.34. The number of benzene rings is 1. The van der Waals surface area contributed by atoms with E-state index in [4.69, 9.17) is 40.5 Å². The zero-order chi connectivity index (χ0) is 12.4. The van der Waals surface area contributed by atoms with Gasteiger partial charge in [0.15, 0.2) is 11.0 Å². The molecule has 0 atom stereocenters. The van der Waals surface area contributed by atoms with Crippen LogP contribution >= 0.6 is 34.8 Å². The van der Waals surface area contributed by atoms with E-state index < -0.39 is 0 Å². The highest BCUT2D eigenvalue weighted by molar-refractivity contribution is 6.35. The van der Waals surface area contributed by atoms with E-state index in [1.54, 1.807) is 18.2 Å². The van der Waals surface area contributed by atoms with Crippen molar-refractivity contribution in [3.8, 4) is 0 Å². The Morgan fingerprint density at radius 1 is 1.00 bits per heavy atom. The molecule has 0 aliphatic carbocycles. The molecule has 88 valence electrons. The Morgan fingerprint density at radius 2 is 1.65 bits per heavy atom. The lowest BCUT2D eigenvalue weighted by Gasteiger charge is -2.09. The Morgan fingerprint density at radius 3 is 2.29 bits per heavy atom. The van der Waals surface area contributed by atoms with E-state index in [1.807, 2.05) is 0 Å². The largest absolute Gasteiger partial charge is 0.393 e. The average Bonchev–Trinajstić information content (AvgIpc) is 2.23. The Labute approximate surface area is 113 Å². The summed E-state index contributed by atoms with van der Waals surface area (Å²) in [7, 11) is 0. The van der Waals surface area contributed by atoms with Crippen LogP contribution in [0.1, 0.15) is 0 Å². The monoisotopic (exact) mass is 288 g/mol.